The molecule has 0 radical (unpaired) electrons. The lowest BCUT2D eigenvalue weighted by atomic mass is 10.2. The lowest BCUT2D eigenvalue weighted by molar-refractivity contribution is -0.161. The van der Waals surface area contributed by atoms with Gasteiger partial charge in [-0.05, 0) is 26.7 Å². The third-order valence-corrected chi connectivity index (χ3v) is 4.11. The third kappa shape index (κ3) is 5.41. The van der Waals surface area contributed by atoms with Crippen LogP contribution in [0.25, 0.3) is 0 Å². The molecule has 8 nitrogen and oxygen atoms in total. The van der Waals surface area contributed by atoms with Crippen molar-refractivity contribution in [3.8, 4) is 0 Å². The molecule has 1 heterocycles. The molecule has 2 amide bonds. The van der Waals surface area contributed by atoms with E-state index in [1.54, 1.807) is 0 Å². The van der Waals surface area contributed by atoms with E-state index in [4.69, 9.17) is 18.9 Å². The summed E-state index contributed by atoms with van der Waals surface area (Å²) in [6, 6.07) is 0. The number of hydrogen-bond acceptors (Lipinski definition) is 6. The SMILES string of the molecule is CCOC(CNC(=O)C(=O)NC[C@@H]1COC2(CCCC2)O1)OCC. The summed E-state index contributed by atoms with van der Waals surface area (Å²) >= 11 is 0. The summed E-state index contributed by atoms with van der Waals surface area (Å²) in [6.45, 7) is 5.43. The molecule has 0 aromatic heterocycles. The maximum absolute atomic E-state index is 11.8. The van der Waals surface area contributed by atoms with Gasteiger partial charge in [-0.3, -0.25) is 9.59 Å². The van der Waals surface area contributed by atoms with E-state index >= 15 is 0 Å². The summed E-state index contributed by atoms with van der Waals surface area (Å²) in [4.78, 5) is 23.6. The molecule has 1 saturated heterocycles. The molecule has 0 aromatic carbocycles. The summed E-state index contributed by atoms with van der Waals surface area (Å²) in [5.74, 6) is -1.87. The van der Waals surface area contributed by atoms with Crippen molar-refractivity contribution < 1.29 is 28.5 Å². The molecule has 1 aliphatic carbocycles. The minimum absolute atomic E-state index is 0.125. The first-order valence-electron chi connectivity index (χ1n) is 8.69. The molecule has 2 N–H and O–H groups in total. The highest BCUT2D eigenvalue weighted by Gasteiger charge is 2.43. The van der Waals surface area contributed by atoms with E-state index in [1.807, 2.05) is 13.8 Å². The smallest absolute Gasteiger partial charge is 0.309 e. The topological polar surface area (TPSA) is 95.1 Å². The van der Waals surface area contributed by atoms with Crippen LogP contribution in [-0.2, 0) is 28.5 Å². The Labute approximate surface area is 142 Å². The Bertz CT molecular complexity index is 419. The predicted molar refractivity (Wildman–Crippen MR) is 85.1 cm³/mol. The van der Waals surface area contributed by atoms with Gasteiger partial charge in [-0.2, -0.15) is 0 Å². The van der Waals surface area contributed by atoms with Crippen LogP contribution in [-0.4, -0.2) is 62.9 Å². The van der Waals surface area contributed by atoms with Crippen LogP contribution in [0.5, 0.6) is 0 Å². The maximum atomic E-state index is 11.8. The molecule has 138 valence electrons. The zero-order chi connectivity index (χ0) is 17.4. The Morgan fingerprint density at radius 2 is 1.75 bits per heavy atom. The van der Waals surface area contributed by atoms with Crippen LogP contribution in [0.15, 0.2) is 0 Å². The van der Waals surface area contributed by atoms with Crippen molar-refractivity contribution in [2.75, 3.05) is 32.9 Å². The molecule has 0 aromatic rings. The molecule has 0 unspecified atom stereocenters. The first kappa shape index (κ1) is 19.1. The van der Waals surface area contributed by atoms with Gasteiger partial charge in [0.15, 0.2) is 12.1 Å². The number of rotatable bonds is 8. The van der Waals surface area contributed by atoms with Gasteiger partial charge in [-0.1, -0.05) is 0 Å². The van der Waals surface area contributed by atoms with Gasteiger partial charge in [0.1, 0.15) is 6.10 Å². The highest BCUT2D eigenvalue weighted by Crippen LogP contribution is 2.38. The summed E-state index contributed by atoms with van der Waals surface area (Å²) in [5, 5.41) is 5.08. The van der Waals surface area contributed by atoms with Crippen molar-refractivity contribution in [2.45, 2.75) is 57.7 Å². The number of ether oxygens (including phenoxy) is 4. The van der Waals surface area contributed by atoms with Gasteiger partial charge in [-0.15, -0.1) is 0 Å². The van der Waals surface area contributed by atoms with E-state index in [0.29, 0.717) is 19.8 Å². The van der Waals surface area contributed by atoms with Crippen molar-refractivity contribution >= 4 is 11.8 Å². The molecule has 2 aliphatic rings. The fourth-order valence-electron chi connectivity index (χ4n) is 2.97. The van der Waals surface area contributed by atoms with Crippen molar-refractivity contribution in [2.24, 2.45) is 0 Å². The van der Waals surface area contributed by atoms with Gasteiger partial charge in [-0.25, -0.2) is 0 Å². The van der Waals surface area contributed by atoms with Crippen LogP contribution < -0.4 is 10.6 Å². The summed E-state index contributed by atoms with van der Waals surface area (Å²) in [5.41, 5.74) is 0. The van der Waals surface area contributed by atoms with E-state index in [9.17, 15) is 9.59 Å². The average molecular weight is 344 g/mol. The van der Waals surface area contributed by atoms with E-state index in [2.05, 4.69) is 10.6 Å². The van der Waals surface area contributed by atoms with Crippen LogP contribution in [0, 0.1) is 0 Å². The van der Waals surface area contributed by atoms with E-state index in [1.165, 1.54) is 0 Å². The number of amides is 2. The van der Waals surface area contributed by atoms with Crippen molar-refractivity contribution in [3.05, 3.63) is 0 Å². The maximum Gasteiger partial charge on any atom is 0.309 e. The van der Waals surface area contributed by atoms with E-state index < -0.39 is 23.9 Å². The molecule has 1 saturated carbocycles. The minimum Gasteiger partial charge on any atom is -0.351 e. The molecule has 8 heteroatoms. The Morgan fingerprint density at radius 1 is 1.12 bits per heavy atom. The first-order chi connectivity index (χ1) is 11.6. The molecule has 1 aliphatic heterocycles. The molecular weight excluding hydrogens is 316 g/mol. The Kier molecular flexibility index (Phi) is 7.41. The predicted octanol–water partition coefficient (Wildman–Crippen LogP) is 0.304. The molecule has 24 heavy (non-hydrogen) atoms. The second-order valence-corrected chi connectivity index (χ2v) is 5.93. The zero-order valence-corrected chi connectivity index (χ0v) is 14.5. The van der Waals surface area contributed by atoms with Crippen LogP contribution in [0.3, 0.4) is 0 Å². The van der Waals surface area contributed by atoms with Gasteiger partial charge in [0.05, 0.1) is 13.2 Å². The molecule has 1 spiro atoms. The standard InChI is InChI=1S/C16H28N2O6/c1-3-21-13(22-4-2)10-18-15(20)14(19)17-9-12-11-23-16(24-12)7-5-6-8-16/h12-13H,3-11H2,1-2H3,(H,17,19)(H,18,20)/t12-/m1/s1. The quantitative estimate of drug-likeness (QED) is 0.486. The van der Waals surface area contributed by atoms with E-state index in [-0.39, 0.29) is 19.2 Å². The Hall–Kier alpha value is -1.22. The van der Waals surface area contributed by atoms with Gasteiger partial charge >= 0.3 is 11.8 Å². The highest BCUT2D eigenvalue weighted by molar-refractivity contribution is 6.35. The molecule has 2 fully saturated rings. The van der Waals surface area contributed by atoms with Gasteiger partial charge in [0.2, 0.25) is 0 Å². The Morgan fingerprint density at radius 3 is 2.38 bits per heavy atom. The van der Waals surface area contributed by atoms with Crippen molar-refractivity contribution in [1.82, 2.24) is 10.6 Å². The van der Waals surface area contributed by atoms with Gasteiger partial charge < -0.3 is 29.6 Å². The summed E-state index contributed by atoms with van der Waals surface area (Å²) in [7, 11) is 0. The largest absolute Gasteiger partial charge is 0.351 e. The highest BCUT2D eigenvalue weighted by atomic mass is 16.7. The fraction of sp³-hybridized carbons (Fsp3) is 0.875. The molecular formula is C16H28N2O6. The average Bonchev–Trinajstić information content (AvgIpc) is 3.20. The lowest BCUT2D eigenvalue weighted by Crippen LogP contribution is -2.46. The third-order valence-electron chi connectivity index (χ3n) is 4.11. The minimum atomic E-state index is -0.714. The van der Waals surface area contributed by atoms with Gasteiger partial charge in [0.25, 0.3) is 0 Å². The molecule has 1 atom stereocenters. The van der Waals surface area contributed by atoms with Gasteiger partial charge in [0, 0.05) is 32.6 Å². The summed E-state index contributed by atoms with van der Waals surface area (Å²) in [6.07, 6.45) is 3.23. The normalized spacial score (nSPS) is 22.2. The number of carbonyl (C=O) groups is 2. The molecule has 2 rings (SSSR count). The number of carbonyl (C=O) groups excluding carboxylic acids is 2. The second kappa shape index (κ2) is 9.31. The van der Waals surface area contributed by atoms with Crippen LogP contribution >= 0.6 is 0 Å². The van der Waals surface area contributed by atoms with Crippen molar-refractivity contribution in [1.29, 1.82) is 0 Å². The lowest BCUT2D eigenvalue weighted by Gasteiger charge is -2.22. The fourth-order valence-corrected chi connectivity index (χ4v) is 2.97. The van der Waals surface area contributed by atoms with Crippen LogP contribution in [0.2, 0.25) is 0 Å². The second-order valence-electron chi connectivity index (χ2n) is 5.93. The zero-order valence-electron chi connectivity index (χ0n) is 14.5. The van der Waals surface area contributed by atoms with E-state index in [0.717, 1.165) is 25.7 Å². The van der Waals surface area contributed by atoms with Crippen molar-refractivity contribution in [3.63, 3.8) is 0 Å². The first-order valence-corrected chi connectivity index (χ1v) is 8.69. The number of hydrogen-bond donors (Lipinski definition) is 2. The summed E-state index contributed by atoms with van der Waals surface area (Å²) < 4.78 is 22.2. The molecule has 0 bridgehead atoms. The van der Waals surface area contributed by atoms with Crippen LogP contribution in [0.1, 0.15) is 39.5 Å². The Balaban J connectivity index is 1.65. The monoisotopic (exact) mass is 344 g/mol. The number of nitrogens with one attached hydrogen (secondary N) is 2. The van der Waals surface area contributed by atoms with Crippen LogP contribution in [0.4, 0.5) is 0 Å².